The highest BCUT2D eigenvalue weighted by molar-refractivity contribution is 9.10. The number of anilines is 3. The lowest BCUT2D eigenvalue weighted by atomic mass is 10.2. The maximum Gasteiger partial charge on any atom is 0.311 e. The van der Waals surface area contributed by atoms with Gasteiger partial charge in [0.25, 0.3) is 0 Å². The van der Waals surface area contributed by atoms with E-state index in [0.717, 1.165) is 15.7 Å². The van der Waals surface area contributed by atoms with Crippen LogP contribution in [-0.2, 0) is 0 Å². The summed E-state index contributed by atoms with van der Waals surface area (Å²) in [6.07, 6.45) is 0. The molecule has 0 aliphatic heterocycles. The van der Waals surface area contributed by atoms with Gasteiger partial charge >= 0.3 is 5.69 Å². The van der Waals surface area contributed by atoms with Crippen LogP contribution in [0.5, 0.6) is 0 Å². The number of aryl methyl sites for hydroxylation is 1. The number of nitrogen functional groups attached to an aromatic ring is 1. The monoisotopic (exact) mass is 322 g/mol. The summed E-state index contributed by atoms with van der Waals surface area (Å²) in [6.45, 7) is 1.97. The smallest absolute Gasteiger partial charge is 0.311 e. The topological polar surface area (TPSA) is 94.1 Å². The van der Waals surface area contributed by atoms with E-state index >= 15 is 0 Å². The van der Waals surface area contributed by atoms with Crippen LogP contribution in [0.1, 0.15) is 5.56 Å². The Labute approximate surface area is 117 Å². The molecule has 0 radical (unpaired) electrons. The molecule has 3 N–H and O–H groups in total. The summed E-state index contributed by atoms with van der Waals surface area (Å²) in [4.78, 5) is 14.1. The molecule has 0 amide bonds. The van der Waals surface area contributed by atoms with Crippen molar-refractivity contribution in [2.75, 3.05) is 11.1 Å². The van der Waals surface area contributed by atoms with Crippen molar-refractivity contribution in [2.45, 2.75) is 6.92 Å². The minimum Gasteiger partial charge on any atom is -0.378 e. The van der Waals surface area contributed by atoms with Crippen LogP contribution in [0.15, 0.2) is 34.8 Å². The highest BCUT2D eigenvalue weighted by Crippen LogP contribution is 2.28. The number of rotatable bonds is 3. The van der Waals surface area contributed by atoms with E-state index in [4.69, 9.17) is 5.73 Å². The molecule has 0 fully saturated rings. The van der Waals surface area contributed by atoms with E-state index in [0.29, 0.717) is 5.82 Å². The van der Waals surface area contributed by atoms with Gasteiger partial charge in [-0.25, -0.2) is 4.98 Å². The van der Waals surface area contributed by atoms with Gasteiger partial charge in [0.05, 0.1) is 10.6 Å². The number of nitro groups is 1. The number of nitrogens with zero attached hydrogens (tertiary/aromatic N) is 2. The van der Waals surface area contributed by atoms with Crippen LogP contribution in [0.3, 0.4) is 0 Å². The molecule has 0 saturated heterocycles. The van der Waals surface area contributed by atoms with Crippen molar-refractivity contribution < 1.29 is 4.92 Å². The largest absolute Gasteiger partial charge is 0.378 e. The van der Waals surface area contributed by atoms with Crippen molar-refractivity contribution in [3.05, 3.63) is 50.5 Å². The van der Waals surface area contributed by atoms with Gasteiger partial charge in [0.2, 0.25) is 5.82 Å². The van der Waals surface area contributed by atoms with Crippen molar-refractivity contribution in [3.8, 4) is 0 Å². The van der Waals surface area contributed by atoms with Crippen LogP contribution >= 0.6 is 15.9 Å². The first-order chi connectivity index (χ1) is 8.97. The zero-order chi connectivity index (χ0) is 14.0. The van der Waals surface area contributed by atoms with Crippen LogP contribution in [0.2, 0.25) is 0 Å². The summed E-state index contributed by atoms with van der Waals surface area (Å²) in [7, 11) is 0. The molecule has 0 spiro atoms. The summed E-state index contributed by atoms with van der Waals surface area (Å²) in [6, 6.07) is 8.65. The Morgan fingerprint density at radius 3 is 2.74 bits per heavy atom. The average Bonchev–Trinajstić information content (AvgIpc) is 2.33. The molecule has 1 heterocycles. The Morgan fingerprint density at radius 2 is 2.11 bits per heavy atom. The number of hydrogen-bond acceptors (Lipinski definition) is 5. The lowest BCUT2D eigenvalue weighted by Crippen LogP contribution is -2.01. The molecule has 0 atom stereocenters. The van der Waals surface area contributed by atoms with Gasteiger partial charge in [-0.15, -0.1) is 0 Å². The number of nitrogens with two attached hydrogens (primary N) is 1. The molecule has 0 unspecified atom stereocenters. The van der Waals surface area contributed by atoms with E-state index in [1.807, 2.05) is 25.1 Å². The van der Waals surface area contributed by atoms with Gasteiger partial charge in [-0.05, 0) is 46.6 Å². The van der Waals surface area contributed by atoms with E-state index in [2.05, 4.69) is 26.2 Å². The third kappa shape index (κ3) is 3.00. The number of pyridine rings is 1. The van der Waals surface area contributed by atoms with Gasteiger partial charge in [0.1, 0.15) is 5.82 Å². The summed E-state index contributed by atoms with van der Waals surface area (Å²) in [5, 5.41) is 13.7. The molecule has 98 valence electrons. The second-order valence-electron chi connectivity index (χ2n) is 3.97. The number of hydrogen-bond donors (Lipinski definition) is 2. The Kier molecular flexibility index (Phi) is 3.66. The first-order valence-electron chi connectivity index (χ1n) is 5.41. The lowest BCUT2D eigenvalue weighted by Gasteiger charge is -2.09. The zero-order valence-electron chi connectivity index (χ0n) is 10.1. The van der Waals surface area contributed by atoms with Gasteiger partial charge < -0.3 is 11.1 Å². The van der Waals surface area contributed by atoms with E-state index in [9.17, 15) is 10.1 Å². The van der Waals surface area contributed by atoms with Crippen molar-refractivity contribution >= 4 is 38.9 Å². The standard InChI is InChI=1S/C12H11BrN4O2/c1-7-2-3-8(13)9(6-7)15-11-5-4-10(17(18)19)12(14)16-11/h2-6H,1H3,(H3,14,15,16). The minimum absolute atomic E-state index is 0.112. The van der Waals surface area contributed by atoms with Crippen LogP contribution in [0.25, 0.3) is 0 Å². The fourth-order valence-electron chi connectivity index (χ4n) is 1.56. The summed E-state index contributed by atoms with van der Waals surface area (Å²) >= 11 is 3.41. The highest BCUT2D eigenvalue weighted by atomic mass is 79.9. The normalized spacial score (nSPS) is 10.2. The van der Waals surface area contributed by atoms with Crippen LogP contribution in [0.4, 0.5) is 23.0 Å². The second-order valence-corrected chi connectivity index (χ2v) is 4.82. The molecule has 0 bridgehead atoms. The first-order valence-corrected chi connectivity index (χ1v) is 6.21. The molecule has 2 rings (SSSR count). The van der Waals surface area contributed by atoms with E-state index in [1.165, 1.54) is 12.1 Å². The highest BCUT2D eigenvalue weighted by Gasteiger charge is 2.13. The SMILES string of the molecule is Cc1ccc(Br)c(Nc2ccc([N+](=O)[O-])c(N)n2)c1. The Bertz CT molecular complexity index is 646. The van der Waals surface area contributed by atoms with Crippen molar-refractivity contribution in [1.29, 1.82) is 0 Å². The fraction of sp³-hybridized carbons (Fsp3) is 0.0833. The molecular weight excluding hydrogens is 312 g/mol. The molecule has 0 aliphatic carbocycles. The third-order valence-corrected chi connectivity index (χ3v) is 3.18. The van der Waals surface area contributed by atoms with Gasteiger partial charge in [-0.2, -0.15) is 0 Å². The lowest BCUT2D eigenvalue weighted by molar-refractivity contribution is -0.384. The maximum atomic E-state index is 10.6. The minimum atomic E-state index is -0.561. The molecule has 6 nitrogen and oxygen atoms in total. The Balaban J connectivity index is 2.31. The molecule has 19 heavy (non-hydrogen) atoms. The van der Waals surface area contributed by atoms with Crippen LogP contribution in [0, 0.1) is 17.0 Å². The van der Waals surface area contributed by atoms with Gasteiger partial charge in [-0.1, -0.05) is 6.07 Å². The maximum absolute atomic E-state index is 10.6. The summed E-state index contributed by atoms with van der Waals surface area (Å²) in [5.41, 5.74) is 7.24. The van der Waals surface area contributed by atoms with Crippen LogP contribution in [-0.4, -0.2) is 9.91 Å². The van der Waals surface area contributed by atoms with Crippen molar-refractivity contribution in [1.82, 2.24) is 4.98 Å². The zero-order valence-corrected chi connectivity index (χ0v) is 11.6. The molecule has 0 saturated carbocycles. The third-order valence-electron chi connectivity index (χ3n) is 2.48. The molecule has 2 aromatic rings. The predicted octanol–water partition coefficient (Wildman–Crippen LogP) is 3.39. The van der Waals surface area contributed by atoms with Gasteiger partial charge in [-0.3, -0.25) is 10.1 Å². The average molecular weight is 323 g/mol. The number of benzene rings is 1. The first kappa shape index (κ1) is 13.3. The van der Waals surface area contributed by atoms with E-state index < -0.39 is 4.92 Å². The van der Waals surface area contributed by atoms with Gasteiger partial charge in [0, 0.05) is 10.5 Å². The summed E-state index contributed by atoms with van der Waals surface area (Å²) < 4.78 is 0.872. The van der Waals surface area contributed by atoms with Crippen molar-refractivity contribution in [2.24, 2.45) is 0 Å². The molecule has 7 heteroatoms. The fourth-order valence-corrected chi connectivity index (χ4v) is 1.91. The molecular formula is C12H11BrN4O2. The number of aromatic nitrogens is 1. The quantitative estimate of drug-likeness (QED) is 0.667. The summed E-state index contributed by atoms with van der Waals surface area (Å²) in [5.74, 6) is 0.341. The van der Waals surface area contributed by atoms with Gasteiger partial charge in [0.15, 0.2) is 0 Å². The Hall–Kier alpha value is -2.15. The molecule has 1 aromatic heterocycles. The van der Waals surface area contributed by atoms with E-state index in [1.54, 1.807) is 0 Å². The van der Waals surface area contributed by atoms with Crippen molar-refractivity contribution in [3.63, 3.8) is 0 Å². The second kappa shape index (κ2) is 5.23. The molecule has 1 aromatic carbocycles. The number of nitrogens with one attached hydrogen (secondary N) is 1. The number of halogens is 1. The van der Waals surface area contributed by atoms with Crippen LogP contribution < -0.4 is 11.1 Å². The molecule has 0 aliphatic rings. The van der Waals surface area contributed by atoms with E-state index in [-0.39, 0.29) is 11.5 Å². The predicted molar refractivity (Wildman–Crippen MR) is 77.5 cm³/mol. The Morgan fingerprint density at radius 1 is 1.37 bits per heavy atom.